The average Bonchev–Trinajstić information content (AvgIpc) is 2.48. The largest absolute Gasteiger partial charge is 0.395 e. The minimum Gasteiger partial charge on any atom is -0.395 e. The highest BCUT2D eigenvalue weighted by molar-refractivity contribution is 5.15. The summed E-state index contributed by atoms with van der Waals surface area (Å²) in [6.07, 6.45) is 1.88. The Balaban J connectivity index is 2.51. The Morgan fingerprint density at radius 3 is 2.92 bits per heavy atom. The standard InChI is InChI=1S/C9H17N3O/c1-3-12-8(2)9(7-11-12)6-10-4-5-13/h7,10,13H,3-6H2,1-2H3. The van der Waals surface area contributed by atoms with Crippen LogP contribution in [-0.2, 0) is 13.1 Å². The first-order valence-corrected chi connectivity index (χ1v) is 4.62. The van der Waals surface area contributed by atoms with Crippen LogP contribution in [0.1, 0.15) is 18.2 Å². The van der Waals surface area contributed by atoms with E-state index in [1.807, 2.05) is 10.9 Å². The Hall–Kier alpha value is -0.870. The summed E-state index contributed by atoms with van der Waals surface area (Å²) in [5, 5.41) is 15.9. The average molecular weight is 183 g/mol. The third kappa shape index (κ3) is 2.54. The lowest BCUT2D eigenvalue weighted by molar-refractivity contribution is 0.292. The predicted octanol–water partition coefficient (Wildman–Crippen LogP) is 0.293. The van der Waals surface area contributed by atoms with E-state index in [4.69, 9.17) is 5.11 Å². The molecule has 13 heavy (non-hydrogen) atoms. The zero-order valence-electron chi connectivity index (χ0n) is 8.25. The molecule has 0 aromatic carbocycles. The van der Waals surface area contributed by atoms with Crippen molar-refractivity contribution in [3.05, 3.63) is 17.5 Å². The molecule has 4 nitrogen and oxygen atoms in total. The summed E-state index contributed by atoms with van der Waals surface area (Å²) in [4.78, 5) is 0. The molecule has 0 amide bonds. The number of aliphatic hydroxyl groups excluding tert-OH is 1. The number of nitrogens with zero attached hydrogens (tertiary/aromatic N) is 2. The van der Waals surface area contributed by atoms with E-state index < -0.39 is 0 Å². The summed E-state index contributed by atoms with van der Waals surface area (Å²) in [6, 6.07) is 0. The fourth-order valence-corrected chi connectivity index (χ4v) is 1.28. The third-order valence-corrected chi connectivity index (χ3v) is 2.11. The van der Waals surface area contributed by atoms with Crippen molar-refractivity contribution in [1.82, 2.24) is 15.1 Å². The molecule has 0 unspecified atom stereocenters. The molecule has 2 N–H and O–H groups in total. The molecule has 0 aliphatic carbocycles. The van der Waals surface area contributed by atoms with Gasteiger partial charge in [-0.25, -0.2) is 0 Å². The molecule has 1 aromatic rings. The van der Waals surface area contributed by atoms with Crippen LogP contribution in [0.4, 0.5) is 0 Å². The smallest absolute Gasteiger partial charge is 0.0556 e. The number of hydrogen-bond acceptors (Lipinski definition) is 3. The van der Waals surface area contributed by atoms with Gasteiger partial charge >= 0.3 is 0 Å². The molecule has 0 aliphatic rings. The molecule has 0 aliphatic heterocycles. The van der Waals surface area contributed by atoms with Gasteiger partial charge in [0.15, 0.2) is 0 Å². The number of aromatic nitrogens is 2. The van der Waals surface area contributed by atoms with Crippen LogP contribution in [0.3, 0.4) is 0 Å². The number of rotatable bonds is 5. The van der Waals surface area contributed by atoms with Crippen molar-refractivity contribution in [3.8, 4) is 0 Å². The molecule has 0 fully saturated rings. The van der Waals surface area contributed by atoms with E-state index in [1.165, 1.54) is 11.3 Å². The van der Waals surface area contributed by atoms with E-state index in [-0.39, 0.29) is 6.61 Å². The lowest BCUT2D eigenvalue weighted by atomic mass is 10.2. The van der Waals surface area contributed by atoms with Crippen LogP contribution in [0, 0.1) is 6.92 Å². The van der Waals surface area contributed by atoms with Gasteiger partial charge in [-0.2, -0.15) is 5.10 Å². The lowest BCUT2D eigenvalue weighted by Crippen LogP contribution is -2.17. The fourth-order valence-electron chi connectivity index (χ4n) is 1.28. The van der Waals surface area contributed by atoms with E-state index in [1.54, 1.807) is 0 Å². The molecule has 0 saturated heterocycles. The second kappa shape index (κ2) is 4.99. The Morgan fingerprint density at radius 2 is 2.38 bits per heavy atom. The highest BCUT2D eigenvalue weighted by atomic mass is 16.3. The predicted molar refractivity (Wildman–Crippen MR) is 51.4 cm³/mol. The first-order valence-electron chi connectivity index (χ1n) is 4.62. The number of aryl methyl sites for hydroxylation is 1. The maximum Gasteiger partial charge on any atom is 0.0556 e. The van der Waals surface area contributed by atoms with Gasteiger partial charge in [-0.1, -0.05) is 0 Å². The summed E-state index contributed by atoms with van der Waals surface area (Å²) in [5.74, 6) is 0. The first-order chi connectivity index (χ1) is 6.29. The van der Waals surface area contributed by atoms with Crippen LogP contribution in [0.15, 0.2) is 6.20 Å². The molecule has 74 valence electrons. The van der Waals surface area contributed by atoms with Gasteiger partial charge in [0.2, 0.25) is 0 Å². The highest BCUT2D eigenvalue weighted by Crippen LogP contribution is 2.05. The molecular weight excluding hydrogens is 166 g/mol. The summed E-state index contributed by atoms with van der Waals surface area (Å²) in [5.41, 5.74) is 2.41. The lowest BCUT2D eigenvalue weighted by Gasteiger charge is -2.03. The van der Waals surface area contributed by atoms with Gasteiger partial charge in [0.05, 0.1) is 12.8 Å². The van der Waals surface area contributed by atoms with Gasteiger partial charge in [-0.05, 0) is 13.8 Å². The summed E-state index contributed by atoms with van der Waals surface area (Å²) in [7, 11) is 0. The molecule has 0 saturated carbocycles. The van der Waals surface area contributed by atoms with E-state index in [2.05, 4.69) is 24.3 Å². The SMILES string of the molecule is CCn1ncc(CNCCO)c1C. The quantitative estimate of drug-likeness (QED) is 0.645. The van der Waals surface area contributed by atoms with E-state index >= 15 is 0 Å². The van der Waals surface area contributed by atoms with Crippen molar-refractivity contribution in [1.29, 1.82) is 0 Å². The van der Waals surface area contributed by atoms with Crippen molar-refractivity contribution in [2.75, 3.05) is 13.2 Å². The summed E-state index contributed by atoms with van der Waals surface area (Å²) in [6.45, 7) is 6.65. The second-order valence-corrected chi connectivity index (χ2v) is 2.97. The van der Waals surface area contributed by atoms with E-state index in [0.29, 0.717) is 6.54 Å². The number of hydrogen-bond donors (Lipinski definition) is 2. The Kier molecular flexibility index (Phi) is 3.92. The van der Waals surface area contributed by atoms with E-state index in [0.717, 1.165) is 13.1 Å². The maximum absolute atomic E-state index is 8.58. The zero-order valence-corrected chi connectivity index (χ0v) is 8.25. The Bertz CT molecular complexity index is 257. The van der Waals surface area contributed by atoms with Crippen LogP contribution in [0.5, 0.6) is 0 Å². The van der Waals surface area contributed by atoms with Crippen LogP contribution in [0.2, 0.25) is 0 Å². The van der Waals surface area contributed by atoms with Gasteiger partial charge in [-0.15, -0.1) is 0 Å². The molecular formula is C9H17N3O. The second-order valence-electron chi connectivity index (χ2n) is 2.97. The van der Waals surface area contributed by atoms with Crippen molar-refractivity contribution in [3.63, 3.8) is 0 Å². The van der Waals surface area contributed by atoms with Crippen molar-refractivity contribution in [2.45, 2.75) is 26.9 Å². The van der Waals surface area contributed by atoms with Crippen molar-refractivity contribution < 1.29 is 5.11 Å². The van der Waals surface area contributed by atoms with Gasteiger partial charge in [0, 0.05) is 30.9 Å². The van der Waals surface area contributed by atoms with Crippen molar-refractivity contribution in [2.24, 2.45) is 0 Å². The minimum absolute atomic E-state index is 0.182. The molecule has 1 aromatic heterocycles. The summed E-state index contributed by atoms with van der Waals surface area (Å²) < 4.78 is 1.97. The molecule has 0 radical (unpaired) electrons. The fraction of sp³-hybridized carbons (Fsp3) is 0.667. The minimum atomic E-state index is 0.182. The van der Waals surface area contributed by atoms with Gasteiger partial charge in [0.1, 0.15) is 0 Å². The van der Waals surface area contributed by atoms with Crippen molar-refractivity contribution >= 4 is 0 Å². The molecule has 1 heterocycles. The molecule has 4 heteroatoms. The van der Waals surface area contributed by atoms with Crippen LogP contribution in [0.25, 0.3) is 0 Å². The maximum atomic E-state index is 8.58. The van der Waals surface area contributed by atoms with Crippen LogP contribution in [-0.4, -0.2) is 28.0 Å². The Labute approximate surface area is 78.6 Å². The molecule has 0 atom stereocenters. The highest BCUT2D eigenvalue weighted by Gasteiger charge is 2.03. The third-order valence-electron chi connectivity index (χ3n) is 2.11. The zero-order chi connectivity index (χ0) is 9.68. The van der Waals surface area contributed by atoms with Gasteiger partial charge < -0.3 is 10.4 Å². The van der Waals surface area contributed by atoms with Crippen LogP contribution < -0.4 is 5.32 Å². The van der Waals surface area contributed by atoms with E-state index in [9.17, 15) is 0 Å². The Morgan fingerprint density at radius 1 is 1.62 bits per heavy atom. The molecule has 0 spiro atoms. The number of nitrogens with one attached hydrogen (secondary N) is 1. The summed E-state index contributed by atoms with van der Waals surface area (Å²) >= 11 is 0. The topological polar surface area (TPSA) is 50.1 Å². The first kappa shape index (κ1) is 10.2. The van der Waals surface area contributed by atoms with Gasteiger partial charge in [-0.3, -0.25) is 4.68 Å². The molecule has 1 rings (SSSR count). The normalized spacial score (nSPS) is 10.7. The van der Waals surface area contributed by atoms with Crippen LogP contribution >= 0.6 is 0 Å². The number of aliphatic hydroxyl groups is 1. The molecule has 0 bridgehead atoms. The monoisotopic (exact) mass is 183 g/mol. The van der Waals surface area contributed by atoms with Gasteiger partial charge in [0.25, 0.3) is 0 Å².